The lowest BCUT2D eigenvalue weighted by Crippen LogP contribution is -1.85. The first-order valence-corrected chi connectivity index (χ1v) is 3.41. The largest absolute Gasteiger partial charge is 0.397 e. The molecule has 0 saturated carbocycles. The van der Waals surface area contributed by atoms with Crippen molar-refractivity contribution in [2.24, 2.45) is 0 Å². The van der Waals surface area contributed by atoms with Crippen LogP contribution in [0.5, 0.6) is 0 Å². The smallest absolute Gasteiger partial charge is 0.116 e. The molecule has 56 valence electrons. The number of nitrogens with two attached hydrogens (primary N) is 1. The highest BCUT2D eigenvalue weighted by Crippen LogP contribution is 2.21. The lowest BCUT2D eigenvalue weighted by molar-refractivity contribution is 0.960. The molecule has 0 fully saturated rings. The van der Waals surface area contributed by atoms with E-state index in [1.165, 1.54) is 0 Å². The average Bonchev–Trinajstić information content (AvgIpc) is 2.34. The maximum atomic E-state index is 5.72. The highest BCUT2D eigenvalue weighted by atomic mass is 35.5. The van der Waals surface area contributed by atoms with Gasteiger partial charge in [-0.15, -0.1) is 5.10 Å². The van der Waals surface area contributed by atoms with Crippen LogP contribution in [0.25, 0.3) is 11.0 Å². The zero-order chi connectivity index (χ0) is 7.84. The fourth-order valence-electron chi connectivity index (χ4n) is 0.943. The first-order chi connectivity index (χ1) is 5.27. The van der Waals surface area contributed by atoms with Crippen molar-refractivity contribution >= 4 is 28.3 Å². The Morgan fingerprint density at radius 1 is 1.45 bits per heavy atom. The molecule has 4 nitrogen and oxygen atoms in total. The van der Waals surface area contributed by atoms with Crippen LogP contribution in [0.3, 0.4) is 0 Å². The molecule has 5 heteroatoms. The molecular formula is C6H5ClN4. The molecule has 0 atom stereocenters. The number of nitrogens with zero attached hydrogens (tertiary/aromatic N) is 2. The predicted octanol–water partition coefficient (Wildman–Crippen LogP) is 1.19. The van der Waals surface area contributed by atoms with Crippen LogP contribution >= 0.6 is 11.6 Å². The number of nitrogen functional groups attached to an aromatic ring is 1. The summed E-state index contributed by atoms with van der Waals surface area (Å²) in [5.74, 6) is 0. The van der Waals surface area contributed by atoms with Gasteiger partial charge in [-0.3, -0.25) is 5.10 Å². The van der Waals surface area contributed by atoms with Crippen molar-refractivity contribution in [3.05, 3.63) is 17.2 Å². The minimum Gasteiger partial charge on any atom is -0.397 e. The van der Waals surface area contributed by atoms with Crippen molar-refractivity contribution in [3.63, 3.8) is 0 Å². The van der Waals surface area contributed by atoms with Crippen LogP contribution < -0.4 is 5.73 Å². The van der Waals surface area contributed by atoms with Gasteiger partial charge in [-0.1, -0.05) is 16.8 Å². The van der Waals surface area contributed by atoms with E-state index in [0.717, 1.165) is 5.52 Å². The van der Waals surface area contributed by atoms with E-state index in [2.05, 4.69) is 15.4 Å². The molecular weight excluding hydrogens is 164 g/mol. The number of halogens is 1. The molecule has 3 N–H and O–H groups in total. The van der Waals surface area contributed by atoms with Gasteiger partial charge in [0.1, 0.15) is 11.0 Å². The van der Waals surface area contributed by atoms with E-state index in [0.29, 0.717) is 16.2 Å². The number of anilines is 1. The maximum absolute atomic E-state index is 5.72. The van der Waals surface area contributed by atoms with E-state index in [9.17, 15) is 0 Å². The second-order valence-corrected chi connectivity index (χ2v) is 2.64. The molecule has 0 aliphatic rings. The number of aromatic amines is 1. The number of aromatic nitrogens is 3. The number of benzene rings is 1. The average molecular weight is 169 g/mol. The van der Waals surface area contributed by atoms with E-state index in [1.54, 1.807) is 12.1 Å². The van der Waals surface area contributed by atoms with Gasteiger partial charge in [-0.25, -0.2) is 0 Å². The Morgan fingerprint density at radius 2 is 2.27 bits per heavy atom. The topological polar surface area (TPSA) is 67.6 Å². The Morgan fingerprint density at radius 3 is 3.09 bits per heavy atom. The number of fused-ring (bicyclic) bond motifs is 1. The van der Waals surface area contributed by atoms with Gasteiger partial charge in [0.05, 0.1) is 5.69 Å². The molecule has 2 aromatic rings. The van der Waals surface area contributed by atoms with Gasteiger partial charge in [0.2, 0.25) is 0 Å². The summed E-state index contributed by atoms with van der Waals surface area (Å²) >= 11 is 5.72. The summed E-state index contributed by atoms with van der Waals surface area (Å²) in [6, 6.07) is 3.36. The monoisotopic (exact) mass is 168 g/mol. The van der Waals surface area contributed by atoms with Crippen LogP contribution in [-0.2, 0) is 0 Å². The molecule has 1 aromatic carbocycles. The highest BCUT2D eigenvalue weighted by Gasteiger charge is 2.01. The quantitative estimate of drug-likeness (QED) is 0.581. The molecule has 0 saturated heterocycles. The third-order valence-corrected chi connectivity index (χ3v) is 1.65. The lowest BCUT2D eigenvalue weighted by atomic mass is 10.3. The van der Waals surface area contributed by atoms with Crippen LogP contribution in [0, 0.1) is 0 Å². The summed E-state index contributed by atoms with van der Waals surface area (Å²) in [4.78, 5) is 0. The fraction of sp³-hybridized carbons (Fsp3) is 0. The van der Waals surface area contributed by atoms with Crippen molar-refractivity contribution in [1.29, 1.82) is 0 Å². The standard InChI is InChI=1S/C6H5ClN4/c7-3-1-4(8)6-5(2-3)9-11-10-6/h1-2H,8H2,(H,9,10,11). The zero-order valence-electron chi connectivity index (χ0n) is 5.50. The van der Waals surface area contributed by atoms with Gasteiger partial charge in [-0.05, 0) is 12.1 Å². The third-order valence-electron chi connectivity index (χ3n) is 1.43. The Labute approximate surface area is 67.3 Å². The predicted molar refractivity (Wildman–Crippen MR) is 43.3 cm³/mol. The Hall–Kier alpha value is -1.29. The Balaban J connectivity index is 2.91. The third kappa shape index (κ3) is 0.914. The minimum absolute atomic E-state index is 0.567. The van der Waals surface area contributed by atoms with E-state index in [4.69, 9.17) is 17.3 Å². The molecule has 1 aromatic heterocycles. The number of nitrogens with one attached hydrogen (secondary N) is 1. The van der Waals surface area contributed by atoms with Crippen molar-refractivity contribution in [2.75, 3.05) is 5.73 Å². The van der Waals surface area contributed by atoms with Crippen molar-refractivity contribution in [1.82, 2.24) is 15.4 Å². The molecule has 0 bridgehead atoms. The van der Waals surface area contributed by atoms with Crippen LogP contribution in [0.4, 0.5) is 5.69 Å². The summed E-state index contributed by atoms with van der Waals surface area (Å²) < 4.78 is 0. The lowest BCUT2D eigenvalue weighted by Gasteiger charge is -1.93. The van der Waals surface area contributed by atoms with E-state index in [-0.39, 0.29) is 0 Å². The van der Waals surface area contributed by atoms with Crippen molar-refractivity contribution in [3.8, 4) is 0 Å². The molecule has 0 unspecified atom stereocenters. The molecule has 0 aliphatic heterocycles. The van der Waals surface area contributed by atoms with E-state index in [1.807, 2.05) is 0 Å². The number of hydrogen-bond acceptors (Lipinski definition) is 3. The fourth-order valence-corrected chi connectivity index (χ4v) is 1.16. The molecule has 1 heterocycles. The molecule has 0 amide bonds. The van der Waals surface area contributed by atoms with Gasteiger partial charge in [0.15, 0.2) is 0 Å². The summed E-state index contributed by atoms with van der Waals surface area (Å²) in [6.07, 6.45) is 0. The molecule has 0 aliphatic carbocycles. The van der Waals surface area contributed by atoms with Gasteiger partial charge < -0.3 is 5.73 Å². The molecule has 2 rings (SSSR count). The number of hydrogen-bond donors (Lipinski definition) is 2. The first kappa shape index (κ1) is 6.42. The van der Waals surface area contributed by atoms with Crippen molar-refractivity contribution < 1.29 is 0 Å². The van der Waals surface area contributed by atoms with Crippen LogP contribution in [0.15, 0.2) is 12.1 Å². The summed E-state index contributed by atoms with van der Waals surface area (Å²) in [5.41, 5.74) is 7.59. The summed E-state index contributed by atoms with van der Waals surface area (Å²) in [6.45, 7) is 0. The SMILES string of the molecule is Nc1cc(Cl)cc2nn[nH]c12. The Kier molecular flexibility index (Phi) is 1.22. The van der Waals surface area contributed by atoms with Gasteiger partial charge in [-0.2, -0.15) is 0 Å². The van der Waals surface area contributed by atoms with Gasteiger partial charge in [0, 0.05) is 5.02 Å². The maximum Gasteiger partial charge on any atom is 0.116 e. The number of H-pyrrole nitrogens is 1. The van der Waals surface area contributed by atoms with E-state index < -0.39 is 0 Å². The van der Waals surface area contributed by atoms with Crippen LogP contribution in [0.2, 0.25) is 5.02 Å². The summed E-state index contributed by atoms with van der Waals surface area (Å²) in [7, 11) is 0. The van der Waals surface area contributed by atoms with Gasteiger partial charge >= 0.3 is 0 Å². The highest BCUT2D eigenvalue weighted by molar-refractivity contribution is 6.31. The van der Waals surface area contributed by atoms with Crippen molar-refractivity contribution in [2.45, 2.75) is 0 Å². The normalized spacial score (nSPS) is 10.6. The van der Waals surface area contributed by atoms with Crippen LogP contribution in [-0.4, -0.2) is 15.4 Å². The molecule has 0 radical (unpaired) electrons. The number of rotatable bonds is 0. The van der Waals surface area contributed by atoms with E-state index >= 15 is 0 Å². The second kappa shape index (κ2) is 2.10. The minimum atomic E-state index is 0.567. The Bertz CT molecular complexity index is 394. The zero-order valence-corrected chi connectivity index (χ0v) is 6.26. The first-order valence-electron chi connectivity index (χ1n) is 3.03. The summed E-state index contributed by atoms with van der Waals surface area (Å²) in [5, 5.41) is 10.6. The van der Waals surface area contributed by atoms with Gasteiger partial charge in [0.25, 0.3) is 0 Å². The molecule has 11 heavy (non-hydrogen) atoms. The molecule has 0 spiro atoms. The second-order valence-electron chi connectivity index (χ2n) is 2.20. The van der Waals surface area contributed by atoms with Crippen LogP contribution in [0.1, 0.15) is 0 Å².